The van der Waals surface area contributed by atoms with E-state index in [0.717, 1.165) is 0 Å². The van der Waals surface area contributed by atoms with E-state index in [1.165, 1.54) is 0 Å². The fourth-order valence-electron chi connectivity index (χ4n) is 1.84. The molecular weight excluding hydrogens is 240 g/mol. The molecule has 1 fully saturated rings. The van der Waals surface area contributed by atoms with Gasteiger partial charge in [0.1, 0.15) is 0 Å². The van der Waals surface area contributed by atoms with Crippen molar-refractivity contribution >= 4 is 11.9 Å². The summed E-state index contributed by atoms with van der Waals surface area (Å²) in [6.45, 7) is 3.24. The zero-order valence-corrected chi connectivity index (χ0v) is 10.6. The van der Waals surface area contributed by atoms with E-state index < -0.39 is 12.0 Å². The Kier molecular flexibility index (Phi) is 6.63. The van der Waals surface area contributed by atoms with Gasteiger partial charge in [-0.05, 0) is 0 Å². The highest BCUT2D eigenvalue weighted by atomic mass is 16.5. The number of carboxylic acid groups (broad SMARTS) is 1. The highest BCUT2D eigenvalue weighted by Gasteiger charge is 2.31. The standard InChI is InChI=1S/C11H20N2O5/c1-17-6-7-18-5-4-13-3-2-12-11(16)9(13)8-10(14)15/h9H,2-8H2,1H3,(H,12,16)(H,14,15). The molecular formula is C11H20N2O5. The van der Waals surface area contributed by atoms with Gasteiger partial charge in [-0.15, -0.1) is 0 Å². The summed E-state index contributed by atoms with van der Waals surface area (Å²) >= 11 is 0. The zero-order valence-electron chi connectivity index (χ0n) is 10.6. The Morgan fingerprint density at radius 3 is 2.94 bits per heavy atom. The quantitative estimate of drug-likeness (QED) is 0.540. The van der Waals surface area contributed by atoms with Crippen LogP contribution >= 0.6 is 0 Å². The van der Waals surface area contributed by atoms with Crippen LogP contribution in [0.5, 0.6) is 0 Å². The summed E-state index contributed by atoms with van der Waals surface area (Å²) in [6, 6.07) is -0.595. The monoisotopic (exact) mass is 260 g/mol. The summed E-state index contributed by atoms with van der Waals surface area (Å²) in [5, 5.41) is 11.5. The van der Waals surface area contributed by atoms with Crippen LogP contribution in [0.25, 0.3) is 0 Å². The van der Waals surface area contributed by atoms with Gasteiger partial charge in [-0.1, -0.05) is 0 Å². The lowest BCUT2D eigenvalue weighted by molar-refractivity contribution is -0.143. The Balaban J connectivity index is 2.35. The lowest BCUT2D eigenvalue weighted by atomic mass is 10.1. The maximum Gasteiger partial charge on any atom is 0.305 e. The van der Waals surface area contributed by atoms with E-state index in [9.17, 15) is 9.59 Å². The van der Waals surface area contributed by atoms with E-state index in [-0.39, 0.29) is 12.3 Å². The summed E-state index contributed by atoms with van der Waals surface area (Å²) in [7, 11) is 1.60. The van der Waals surface area contributed by atoms with Crippen molar-refractivity contribution in [1.82, 2.24) is 10.2 Å². The Morgan fingerprint density at radius 1 is 1.50 bits per heavy atom. The first kappa shape index (κ1) is 14.9. The topological polar surface area (TPSA) is 88.1 Å². The first-order valence-corrected chi connectivity index (χ1v) is 5.95. The van der Waals surface area contributed by atoms with Crippen LogP contribution in [0.1, 0.15) is 6.42 Å². The van der Waals surface area contributed by atoms with E-state index in [4.69, 9.17) is 14.6 Å². The van der Waals surface area contributed by atoms with Crippen LogP contribution in [-0.2, 0) is 19.1 Å². The van der Waals surface area contributed by atoms with Gasteiger partial charge in [0.2, 0.25) is 5.91 Å². The minimum Gasteiger partial charge on any atom is -0.481 e. The summed E-state index contributed by atoms with van der Waals surface area (Å²) in [5.74, 6) is -1.19. The second-order valence-corrected chi connectivity index (χ2v) is 4.05. The third kappa shape index (κ3) is 4.99. The molecule has 0 saturated carbocycles. The summed E-state index contributed by atoms with van der Waals surface area (Å²) in [6.07, 6.45) is -0.177. The lowest BCUT2D eigenvalue weighted by Crippen LogP contribution is -2.56. The number of methoxy groups -OCH3 is 1. The fourth-order valence-corrected chi connectivity index (χ4v) is 1.84. The molecule has 0 aromatic heterocycles. The Bertz CT molecular complexity index is 285. The summed E-state index contributed by atoms with van der Waals surface area (Å²) in [4.78, 5) is 24.2. The van der Waals surface area contributed by atoms with Crippen LogP contribution in [0, 0.1) is 0 Å². The number of carbonyl (C=O) groups is 2. The molecule has 2 N–H and O–H groups in total. The average Bonchev–Trinajstić information content (AvgIpc) is 2.32. The van der Waals surface area contributed by atoms with Gasteiger partial charge in [0.25, 0.3) is 0 Å². The first-order chi connectivity index (χ1) is 8.65. The van der Waals surface area contributed by atoms with Gasteiger partial charge >= 0.3 is 5.97 Å². The van der Waals surface area contributed by atoms with Crippen LogP contribution in [0.15, 0.2) is 0 Å². The largest absolute Gasteiger partial charge is 0.481 e. The molecule has 1 rings (SSSR count). The molecule has 1 aliphatic rings. The molecule has 0 aromatic carbocycles. The van der Waals surface area contributed by atoms with Crippen molar-refractivity contribution in [3.63, 3.8) is 0 Å². The molecule has 0 spiro atoms. The molecule has 1 saturated heterocycles. The van der Waals surface area contributed by atoms with Crippen molar-refractivity contribution in [2.75, 3.05) is 46.6 Å². The fraction of sp³-hybridized carbons (Fsp3) is 0.818. The van der Waals surface area contributed by atoms with Crippen LogP contribution in [-0.4, -0.2) is 74.5 Å². The number of rotatable bonds is 8. The van der Waals surface area contributed by atoms with Crippen molar-refractivity contribution in [3.8, 4) is 0 Å². The molecule has 0 bridgehead atoms. The average molecular weight is 260 g/mol. The maximum atomic E-state index is 11.6. The number of ether oxygens (including phenoxy) is 2. The number of amides is 1. The molecule has 1 amide bonds. The number of nitrogens with one attached hydrogen (secondary N) is 1. The van der Waals surface area contributed by atoms with Gasteiger partial charge < -0.3 is 19.9 Å². The number of carbonyl (C=O) groups excluding carboxylic acids is 1. The number of carboxylic acids is 1. The molecule has 0 aromatic rings. The van der Waals surface area contributed by atoms with Gasteiger partial charge in [-0.2, -0.15) is 0 Å². The van der Waals surface area contributed by atoms with Gasteiger partial charge in [0.05, 0.1) is 32.3 Å². The molecule has 1 unspecified atom stereocenters. The van der Waals surface area contributed by atoms with Crippen molar-refractivity contribution in [1.29, 1.82) is 0 Å². The number of aliphatic carboxylic acids is 1. The van der Waals surface area contributed by atoms with E-state index in [1.807, 2.05) is 4.90 Å². The number of hydrogen-bond donors (Lipinski definition) is 2. The van der Waals surface area contributed by atoms with Gasteiger partial charge in [-0.3, -0.25) is 14.5 Å². The van der Waals surface area contributed by atoms with Gasteiger partial charge in [0.15, 0.2) is 0 Å². The van der Waals surface area contributed by atoms with E-state index in [0.29, 0.717) is 39.5 Å². The second-order valence-electron chi connectivity index (χ2n) is 4.05. The van der Waals surface area contributed by atoms with Crippen LogP contribution < -0.4 is 5.32 Å². The molecule has 7 heteroatoms. The smallest absolute Gasteiger partial charge is 0.305 e. The van der Waals surface area contributed by atoms with Crippen LogP contribution in [0.4, 0.5) is 0 Å². The van der Waals surface area contributed by atoms with E-state index in [1.54, 1.807) is 7.11 Å². The zero-order chi connectivity index (χ0) is 13.4. The van der Waals surface area contributed by atoms with Crippen molar-refractivity contribution < 1.29 is 24.2 Å². The molecule has 0 radical (unpaired) electrons. The molecule has 18 heavy (non-hydrogen) atoms. The number of hydrogen-bond acceptors (Lipinski definition) is 5. The maximum absolute atomic E-state index is 11.6. The Morgan fingerprint density at radius 2 is 2.28 bits per heavy atom. The number of nitrogens with zero attached hydrogens (tertiary/aromatic N) is 1. The minimum absolute atomic E-state index is 0.177. The Hall–Kier alpha value is -1.18. The molecule has 0 aliphatic carbocycles. The van der Waals surface area contributed by atoms with Crippen LogP contribution in [0.3, 0.4) is 0 Å². The molecule has 1 heterocycles. The summed E-state index contributed by atoms with van der Waals surface area (Å²) in [5.41, 5.74) is 0. The van der Waals surface area contributed by atoms with Crippen molar-refractivity contribution in [2.24, 2.45) is 0 Å². The SMILES string of the molecule is COCCOCCN1CCNC(=O)C1CC(=O)O. The Labute approximate surface area is 106 Å². The van der Waals surface area contributed by atoms with E-state index >= 15 is 0 Å². The number of piperazine rings is 1. The van der Waals surface area contributed by atoms with Crippen LogP contribution in [0.2, 0.25) is 0 Å². The molecule has 1 atom stereocenters. The molecule has 1 aliphatic heterocycles. The van der Waals surface area contributed by atoms with E-state index in [2.05, 4.69) is 5.32 Å². The highest BCUT2D eigenvalue weighted by Crippen LogP contribution is 2.08. The lowest BCUT2D eigenvalue weighted by Gasteiger charge is -2.33. The third-order valence-corrected chi connectivity index (χ3v) is 2.76. The van der Waals surface area contributed by atoms with Gasteiger partial charge in [0, 0.05) is 26.7 Å². The predicted molar refractivity (Wildman–Crippen MR) is 63.3 cm³/mol. The predicted octanol–water partition coefficient (Wildman–Crippen LogP) is -1.08. The minimum atomic E-state index is -0.970. The van der Waals surface area contributed by atoms with Gasteiger partial charge in [-0.25, -0.2) is 0 Å². The normalized spacial score (nSPS) is 20.7. The highest BCUT2D eigenvalue weighted by molar-refractivity contribution is 5.86. The summed E-state index contributed by atoms with van der Waals surface area (Å²) < 4.78 is 10.2. The molecule has 7 nitrogen and oxygen atoms in total. The third-order valence-electron chi connectivity index (χ3n) is 2.76. The molecule has 104 valence electrons. The van der Waals surface area contributed by atoms with Crippen molar-refractivity contribution in [3.05, 3.63) is 0 Å². The first-order valence-electron chi connectivity index (χ1n) is 5.95. The van der Waals surface area contributed by atoms with Crippen molar-refractivity contribution in [2.45, 2.75) is 12.5 Å². The second kappa shape index (κ2) is 8.02.